The minimum absolute atomic E-state index is 0.00241. The first kappa shape index (κ1) is 13.5. The van der Waals surface area contributed by atoms with Crippen molar-refractivity contribution in [1.82, 2.24) is 9.13 Å². The van der Waals surface area contributed by atoms with Crippen LogP contribution in [-0.4, -0.2) is 14.1 Å². The zero-order valence-corrected chi connectivity index (χ0v) is 10.6. The molecular weight excluding hydrogens is 264 g/mol. The molecule has 0 aliphatic carbocycles. The van der Waals surface area contributed by atoms with Gasteiger partial charge >= 0.3 is 11.1 Å². The summed E-state index contributed by atoms with van der Waals surface area (Å²) in [5.41, 5.74) is 4.97. The number of nitrogen functional groups attached to an aromatic ring is 1. The molecular formula is C12H12N4O4. The molecule has 0 fully saturated rings. The van der Waals surface area contributed by atoms with Crippen LogP contribution in [0.2, 0.25) is 0 Å². The molecule has 1 aromatic heterocycles. The van der Waals surface area contributed by atoms with Crippen molar-refractivity contribution < 1.29 is 4.92 Å². The van der Waals surface area contributed by atoms with E-state index in [0.29, 0.717) is 11.3 Å². The van der Waals surface area contributed by atoms with Gasteiger partial charge in [0.25, 0.3) is 5.69 Å². The van der Waals surface area contributed by atoms with E-state index in [4.69, 9.17) is 5.73 Å². The molecule has 2 rings (SSSR count). The molecule has 0 saturated carbocycles. The smallest absolute Gasteiger partial charge is 0.316 e. The van der Waals surface area contributed by atoms with Crippen molar-refractivity contribution >= 4 is 11.4 Å². The van der Waals surface area contributed by atoms with E-state index in [2.05, 4.69) is 0 Å². The first-order valence-corrected chi connectivity index (χ1v) is 5.69. The van der Waals surface area contributed by atoms with Gasteiger partial charge in [-0.05, 0) is 6.07 Å². The first-order valence-electron chi connectivity index (χ1n) is 5.69. The van der Waals surface area contributed by atoms with E-state index in [9.17, 15) is 19.7 Å². The zero-order valence-electron chi connectivity index (χ0n) is 10.6. The molecule has 0 unspecified atom stereocenters. The highest BCUT2D eigenvalue weighted by Crippen LogP contribution is 2.19. The maximum Gasteiger partial charge on any atom is 0.316 e. The van der Waals surface area contributed by atoms with E-state index < -0.39 is 16.0 Å². The fourth-order valence-corrected chi connectivity index (χ4v) is 1.74. The number of hydrogen-bond donors (Lipinski definition) is 1. The number of aromatic nitrogens is 2. The van der Waals surface area contributed by atoms with Gasteiger partial charge in [0.05, 0.1) is 11.5 Å². The fourth-order valence-electron chi connectivity index (χ4n) is 1.74. The molecule has 0 spiro atoms. The number of benzene rings is 1. The lowest BCUT2D eigenvalue weighted by molar-refractivity contribution is -0.384. The minimum Gasteiger partial charge on any atom is -0.398 e. The van der Waals surface area contributed by atoms with Crippen molar-refractivity contribution in [1.29, 1.82) is 0 Å². The minimum atomic E-state index is -0.707. The molecule has 0 aliphatic heterocycles. The van der Waals surface area contributed by atoms with Gasteiger partial charge in [-0.3, -0.25) is 19.7 Å². The van der Waals surface area contributed by atoms with Gasteiger partial charge in [0, 0.05) is 42.8 Å². The molecule has 0 radical (unpaired) electrons. The predicted molar refractivity (Wildman–Crippen MR) is 72.6 cm³/mol. The molecule has 2 N–H and O–H groups in total. The second kappa shape index (κ2) is 5.00. The monoisotopic (exact) mass is 276 g/mol. The summed E-state index contributed by atoms with van der Waals surface area (Å²) in [4.78, 5) is 33.5. The van der Waals surface area contributed by atoms with E-state index in [1.54, 1.807) is 0 Å². The highest BCUT2D eigenvalue weighted by Gasteiger charge is 2.11. The van der Waals surface area contributed by atoms with Crippen molar-refractivity contribution in [3.8, 4) is 0 Å². The summed E-state index contributed by atoms with van der Waals surface area (Å²) in [5, 5.41) is 10.7. The van der Waals surface area contributed by atoms with Crippen LogP contribution in [0.4, 0.5) is 11.4 Å². The largest absolute Gasteiger partial charge is 0.398 e. The topological polar surface area (TPSA) is 113 Å². The Hall–Kier alpha value is -2.90. The fraction of sp³-hybridized carbons (Fsp3) is 0.167. The number of nitro groups is 1. The van der Waals surface area contributed by atoms with Crippen LogP contribution >= 0.6 is 0 Å². The summed E-state index contributed by atoms with van der Waals surface area (Å²) < 4.78 is 2.33. The number of nitro benzene ring substituents is 1. The highest BCUT2D eigenvalue weighted by molar-refractivity contribution is 5.52. The predicted octanol–water partition coefficient (Wildman–Crippen LogP) is 0.0857. The maximum absolute atomic E-state index is 11.8. The van der Waals surface area contributed by atoms with Gasteiger partial charge in [0.2, 0.25) is 0 Å². The maximum atomic E-state index is 11.8. The van der Waals surface area contributed by atoms with Gasteiger partial charge in [-0.1, -0.05) is 0 Å². The van der Waals surface area contributed by atoms with Crippen LogP contribution in [0.15, 0.2) is 40.2 Å². The van der Waals surface area contributed by atoms with Gasteiger partial charge in [0.1, 0.15) is 0 Å². The molecule has 8 nitrogen and oxygen atoms in total. The van der Waals surface area contributed by atoms with E-state index in [1.807, 2.05) is 0 Å². The standard InChI is InChI=1S/C12H12N4O4/c1-14-4-5-15(12(18)11(14)17)7-8-6-9(16(19)20)2-3-10(8)13/h2-6H,7,13H2,1H3. The van der Waals surface area contributed by atoms with Crippen LogP contribution in [0.3, 0.4) is 0 Å². The number of nitrogens with zero attached hydrogens (tertiary/aromatic N) is 3. The van der Waals surface area contributed by atoms with Gasteiger partial charge in [-0.15, -0.1) is 0 Å². The SMILES string of the molecule is Cn1ccn(Cc2cc([N+](=O)[O-])ccc2N)c(=O)c1=O. The molecule has 104 valence electrons. The zero-order chi connectivity index (χ0) is 14.9. The molecule has 0 aliphatic rings. The van der Waals surface area contributed by atoms with Crippen LogP contribution in [0.25, 0.3) is 0 Å². The Balaban J connectivity index is 2.48. The molecule has 0 bridgehead atoms. The van der Waals surface area contributed by atoms with Crippen molar-refractivity contribution in [3.05, 3.63) is 67.0 Å². The summed E-state index contributed by atoms with van der Waals surface area (Å²) in [5.74, 6) is 0. The Morgan fingerprint density at radius 1 is 1.25 bits per heavy atom. The van der Waals surface area contributed by atoms with Crippen LogP contribution in [0.5, 0.6) is 0 Å². The van der Waals surface area contributed by atoms with E-state index in [1.165, 1.54) is 37.6 Å². The summed E-state index contributed by atoms with van der Waals surface area (Å²) in [6.07, 6.45) is 2.87. The van der Waals surface area contributed by atoms with Crippen molar-refractivity contribution in [2.24, 2.45) is 7.05 Å². The van der Waals surface area contributed by atoms with E-state index in [0.717, 1.165) is 9.13 Å². The van der Waals surface area contributed by atoms with Crippen LogP contribution in [0.1, 0.15) is 5.56 Å². The number of non-ortho nitro benzene ring substituents is 1. The Kier molecular flexibility index (Phi) is 3.38. The van der Waals surface area contributed by atoms with E-state index >= 15 is 0 Å². The van der Waals surface area contributed by atoms with Crippen molar-refractivity contribution in [2.45, 2.75) is 6.54 Å². The van der Waals surface area contributed by atoms with Crippen molar-refractivity contribution in [2.75, 3.05) is 5.73 Å². The summed E-state index contributed by atoms with van der Waals surface area (Å²) in [6.45, 7) is 0.00241. The average Bonchev–Trinajstić information content (AvgIpc) is 2.41. The molecule has 1 aromatic carbocycles. The summed E-state index contributed by atoms with van der Waals surface area (Å²) >= 11 is 0. The second-order valence-corrected chi connectivity index (χ2v) is 4.29. The lowest BCUT2D eigenvalue weighted by Crippen LogP contribution is -2.39. The molecule has 1 heterocycles. The molecule has 0 saturated heterocycles. The van der Waals surface area contributed by atoms with E-state index in [-0.39, 0.29) is 12.2 Å². The number of aryl methyl sites for hydroxylation is 1. The Morgan fingerprint density at radius 3 is 2.60 bits per heavy atom. The Morgan fingerprint density at radius 2 is 1.95 bits per heavy atom. The van der Waals surface area contributed by atoms with Gasteiger partial charge in [-0.25, -0.2) is 0 Å². The van der Waals surface area contributed by atoms with Crippen LogP contribution in [0, 0.1) is 10.1 Å². The normalized spacial score (nSPS) is 10.4. The van der Waals surface area contributed by atoms with Gasteiger partial charge < -0.3 is 14.9 Å². The molecule has 0 amide bonds. The Bertz CT molecular complexity index is 791. The molecule has 8 heteroatoms. The second-order valence-electron chi connectivity index (χ2n) is 4.29. The molecule has 20 heavy (non-hydrogen) atoms. The molecule has 0 atom stereocenters. The van der Waals surface area contributed by atoms with Crippen LogP contribution < -0.4 is 16.9 Å². The van der Waals surface area contributed by atoms with Gasteiger partial charge in [0.15, 0.2) is 0 Å². The summed E-state index contributed by atoms with van der Waals surface area (Å²) in [6, 6.07) is 3.98. The third-order valence-corrected chi connectivity index (χ3v) is 2.91. The summed E-state index contributed by atoms with van der Waals surface area (Å²) in [7, 11) is 1.47. The number of rotatable bonds is 3. The lowest BCUT2D eigenvalue weighted by Gasteiger charge is -2.08. The third-order valence-electron chi connectivity index (χ3n) is 2.91. The van der Waals surface area contributed by atoms with Crippen molar-refractivity contribution in [3.63, 3.8) is 0 Å². The highest BCUT2D eigenvalue weighted by atomic mass is 16.6. The number of anilines is 1. The molecule has 2 aromatic rings. The Labute approximate surface area is 112 Å². The van der Waals surface area contributed by atoms with Crippen LogP contribution in [-0.2, 0) is 13.6 Å². The quantitative estimate of drug-likeness (QED) is 0.369. The lowest BCUT2D eigenvalue weighted by atomic mass is 10.1. The number of nitrogens with two attached hydrogens (primary N) is 1. The first-order chi connectivity index (χ1) is 9.40. The average molecular weight is 276 g/mol. The third kappa shape index (κ3) is 2.44. The van der Waals surface area contributed by atoms with Gasteiger partial charge in [-0.2, -0.15) is 0 Å². The number of hydrogen-bond acceptors (Lipinski definition) is 5.